The molecule has 0 radical (unpaired) electrons. The topological polar surface area (TPSA) is 91.9 Å². The Balaban J connectivity index is 1.63. The van der Waals surface area contributed by atoms with Crippen molar-refractivity contribution >= 4 is 16.8 Å². The quantitative estimate of drug-likeness (QED) is 0.799. The van der Waals surface area contributed by atoms with Crippen LogP contribution in [0, 0.1) is 12.3 Å². The van der Waals surface area contributed by atoms with Crippen molar-refractivity contribution in [3.8, 4) is 18.1 Å². The number of hydrogen-bond donors (Lipinski definition) is 2. The van der Waals surface area contributed by atoms with Gasteiger partial charge in [0.2, 0.25) is 0 Å². The number of phenols is 1. The Bertz CT molecular complexity index is 825. The fourth-order valence-corrected chi connectivity index (χ4v) is 2.51. The first kappa shape index (κ1) is 15.0. The predicted octanol–water partition coefficient (Wildman–Crippen LogP) is 1.97. The van der Waals surface area contributed by atoms with Gasteiger partial charge in [-0.15, -0.1) is 12.3 Å². The average molecular weight is 311 g/mol. The zero-order valence-corrected chi connectivity index (χ0v) is 12.8. The number of benzene rings is 1. The third kappa shape index (κ3) is 3.01. The SMILES string of the molecule is C#CCCC1(CCNC(=O)c2cc(O)c3cnn(C)c3c2)N=N1. The molecule has 2 N–H and O–H groups in total. The van der Waals surface area contributed by atoms with E-state index < -0.39 is 5.66 Å². The van der Waals surface area contributed by atoms with Gasteiger partial charge in [-0.1, -0.05) is 0 Å². The molecule has 0 unspecified atom stereocenters. The van der Waals surface area contributed by atoms with Crippen LogP contribution in [0.15, 0.2) is 28.6 Å². The first-order valence-corrected chi connectivity index (χ1v) is 7.35. The summed E-state index contributed by atoms with van der Waals surface area (Å²) in [7, 11) is 1.76. The molecule has 3 rings (SSSR count). The summed E-state index contributed by atoms with van der Waals surface area (Å²) in [5.74, 6) is 2.36. The molecule has 0 saturated heterocycles. The number of aromatic hydroxyl groups is 1. The van der Waals surface area contributed by atoms with Crippen molar-refractivity contribution in [2.75, 3.05) is 6.54 Å². The molecule has 1 aliphatic rings. The van der Waals surface area contributed by atoms with E-state index in [0.29, 0.717) is 42.3 Å². The molecule has 0 saturated carbocycles. The van der Waals surface area contributed by atoms with E-state index in [0.717, 1.165) is 0 Å². The lowest BCUT2D eigenvalue weighted by Crippen LogP contribution is -2.28. The number of carbonyl (C=O) groups excluding carboxylic acids is 1. The molecule has 0 bridgehead atoms. The lowest BCUT2D eigenvalue weighted by Gasteiger charge is -2.10. The predicted molar refractivity (Wildman–Crippen MR) is 85.0 cm³/mol. The first-order valence-electron chi connectivity index (χ1n) is 7.35. The minimum absolute atomic E-state index is 0.0402. The molecule has 1 amide bonds. The molecular weight excluding hydrogens is 294 g/mol. The van der Waals surface area contributed by atoms with Crippen molar-refractivity contribution in [2.24, 2.45) is 17.3 Å². The van der Waals surface area contributed by atoms with Crippen molar-refractivity contribution in [3.63, 3.8) is 0 Å². The van der Waals surface area contributed by atoms with Crippen LogP contribution in [0.3, 0.4) is 0 Å². The molecule has 0 atom stereocenters. The maximum absolute atomic E-state index is 12.2. The highest BCUT2D eigenvalue weighted by Gasteiger charge is 2.38. The molecule has 1 aliphatic heterocycles. The maximum Gasteiger partial charge on any atom is 0.251 e. The molecule has 2 heterocycles. The minimum atomic E-state index is -0.409. The number of phenolic OH excluding ortho intramolecular Hbond substituents is 1. The van der Waals surface area contributed by atoms with E-state index >= 15 is 0 Å². The second-order valence-corrected chi connectivity index (χ2v) is 5.59. The highest BCUT2D eigenvalue weighted by atomic mass is 16.3. The van der Waals surface area contributed by atoms with E-state index in [-0.39, 0.29) is 11.7 Å². The number of fused-ring (bicyclic) bond motifs is 1. The van der Waals surface area contributed by atoms with Crippen LogP contribution in [0.1, 0.15) is 29.6 Å². The number of carbonyl (C=O) groups is 1. The highest BCUT2D eigenvalue weighted by molar-refractivity contribution is 5.99. The van der Waals surface area contributed by atoms with E-state index in [4.69, 9.17) is 6.42 Å². The maximum atomic E-state index is 12.2. The second kappa shape index (κ2) is 5.72. The van der Waals surface area contributed by atoms with Crippen molar-refractivity contribution in [1.29, 1.82) is 0 Å². The first-order chi connectivity index (χ1) is 11.0. The van der Waals surface area contributed by atoms with Gasteiger partial charge in [-0.2, -0.15) is 15.3 Å². The van der Waals surface area contributed by atoms with Crippen LogP contribution in [0.5, 0.6) is 5.75 Å². The van der Waals surface area contributed by atoms with Crippen LogP contribution in [-0.2, 0) is 7.05 Å². The third-order valence-corrected chi connectivity index (χ3v) is 3.97. The van der Waals surface area contributed by atoms with E-state index in [1.165, 1.54) is 6.07 Å². The summed E-state index contributed by atoms with van der Waals surface area (Å²) in [5, 5.41) is 25.6. The monoisotopic (exact) mass is 311 g/mol. The molecule has 23 heavy (non-hydrogen) atoms. The van der Waals surface area contributed by atoms with Crippen LogP contribution in [0.4, 0.5) is 0 Å². The Labute approximate surface area is 133 Å². The van der Waals surface area contributed by atoms with Crippen LogP contribution >= 0.6 is 0 Å². The minimum Gasteiger partial charge on any atom is -0.507 e. The van der Waals surface area contributed by atoms with Gasteiger partial charge in [-0.05, 0) is 12.1 Å². The number of terminal acetylenes is 1. The summed E-state index contributed by atoms with van der Waals surface area (Å²) in [6.07, 6.45) is 8.76. The molecule has 1 aromatic carbocycles. The summed E-state index contributed by atoms with van der Waals surface area (Å²) in [6, 6.07) is 3.15. The highest BCUT2D eigenvalue weighted by Crippen LogP contribution is 2.36. The summed E-state index contributed by atoms with van der Waals surface area (Å²) in [5.41, 5.74) is 0.683. The van der Waals surface area contributed by atoms with Gasteiger partial charge in [0.1, 0.15) is 5.75 Å². The molecule has 7 heteroatoms. The van der Waals surface area contributed by atoms with Gasteiger partial charge in [-0.3, -0.25) is 9.48 Å². The van der Waals surface area contributed by atoms with Crippen LogP contribution in [-0.4, -0.2) is 33.0 Å². The van der Waals surface area contributed by atoms with Gasteiger partial charge in [0.25, 0.3) is 5.91 Å². The standard InChI is InChI=1S/C16H17N5O2/c1-3-4-5-16(19-20-16)6-7-17-15(23)11-8-13-12(14(22)9-11)10-18-21(13)2/h1,8-10,22H,4-7H2,2H3,(H,17,23). The van der Waals surface area contributed by atoms with E-state index in [1.54, 1.807) is 24.0 Å². The van der Waals surface area contributed by atoms with Crippen molar-refractivity contribution < 1.29 is 9.90 Å². The fraction of sp³-hybridized carbons (Fsp3) is 0.375. The van der Waals surface area contributed by atoms with Gasteiger partial charge in [0.05, 0.1) is 17.1 Å². The number of amides is 1. The van der Waals surface area contributed by atoms with E-state index in [9.17, 15) is 9.90 Å². The Kier molecular flexibility index (Phi) is 3.74. The van der Waals surface area contributed by atoms with Crippen molar-refractivity contribution in [3.05, 3.63) is 23.9 Å². The molecular formula is C16H17N5O2. The zero-order chi connectivity index (χ0) is 16.4. The lowest BCUT2D eigenvalue weighted by atomic mass is 10.0. The molecule has 1 aromatic heterocycles. The molecule has 0 spiro atoms. The van der Waals surface area contributed by atoms with Crippen molar-refractivity contribution in [2.45, 2.75) is 24.9 Å². The summed E-state index contributed by atoms with van der Waals surface area (Å²) < 4.78 is 1.61. The molecule has 0 fully saturated rings. The second-order valence-electron chi connectivity index (χ2n) is 5.59. The molecule has 118 valence electrons. The van der Waals surface area contributed by atoms with Crippen LogP contribution in [0.25, 0.3) is 10.9 Å². The summed E-state index contributed by atoms with van der Waals surface area (Å²) in [4.78, 5) is 12.2. The van der Waals surface area contributed by atoms with Gasteiger partial charge >= 0.3 is 0 Å². The van der Waals surface area contributed by atoms with Gasteiger partial charge < -0.3 is 10.4 Å². The number of aryl methyl sites for hydroxylation is 1. The van der Waals surface area contributed by atoms with Gasteiger partial charge in [-0.25, -0.2) is 0 Å². The van der Waals surface area contributed by atoms with Crippen LogP contribution in [0.2, 0.25) is 0 Å². The zero-order valence-electron chi connectivity index (χ0n) is 12.8. The average Bonchev–Trinajstić information content (AvgIpc) is 3.21. The fourth-order valence-electron chi connectivity index (χ4n) is 2.51. The van der Waals surface area contributed by atoms with Crippen LogP contribution < -0.4 is 5.32 Å². The smallest absolute Gasteiger partial charge is 0.251 e. The molecule has 2 aromatic rings. The van der Waals surface area contributed by atoms with Gasteiger partial charge in [0.15, 0.2) is 5.66 Å². The number of hydrogen-bond acceptors (Lipinski definition) is 5. The Morgan fingerprint density at radius 3 is 2.91 bits per heavy atom. The summed E-state index contributed by atoms with van der Waals surface area (Å²) in [6.45, 7) is 0.445. The largest absolute Gasteiger partial charge is 0.507 e. The number of nitrogens with zero attached hydrogens (tertiary/aromatic N) is 4. The third-order valence-electron chi connectivity index (χ3n) is 3.97. The van der Waals surface area contributed by atoms with E-state index in [1.807, 2.05) is 0 Å². The number of rotatable bonds is 6. The normalized spacial score (nSPS) is 14.6. The molecule has 7 nitrogen and oxygen atoms in total. The summed E-state index contributed by atoms with van der Waals surface area (Å²) >= 11 is 0. The molecule has 0 aliphatic carbocycles. The van der Waals surface area contributed by atoms with Crippen molar-refractivity contribution in [1.82, 2.24) is 15.1 Å². The Hall–Kier alpha value is -2.88. The Morgan fingerprint density at radius 2 is 2.22 bits per heavy atom. The Morgan fingerprint density at radius 1 is 1.43 bits per heavy atom. The van der Waals surface area contributed by atoms with Gasteiger partial charge in [0, 0.05) is 38.4 Å². The van der Waals surface area contributed by atoms with E-state index in [2.05, 4.69) is 26.6 Å². The number of nitrogens with one attached hydrogen (secondary N) is 1. The number of aromatic nitrogens is 2. The lowest BCUT2D eigenvalue weighted by molar-refractivity contribution is 0.0951.